The third-order valence-corrected chi connectivity index (χ3v) is 6.23. The van der Waals surface area contributed by atoms with Gasteiger partial charge in [0.15, 0.2) is 5.11 Å². The molecule has 2 aromatic carbocycles. The van der Waals surface area contributed by atoms with Crippen LogP contribution in [0.5, 0.6) is 0 Å². The molecule has 8 heteroatoms. The van der Waals surface area contributed by atoms with Gasteiger partial charge in [0.25, 0.3) is 5.91 Å². The van der Waals surface area contributed by atoms with Gasteiger partial charge in [-0.15, -0.1) is 0 Å². The fourth-order valence-electron chi connectivity index (χ4n) is 3.27. The molecule has 0 aromatic heterocycles. The van der Waals surface area contributed by atoms with E-state index in [4.69, 9.17) is 17.0 Å². The highest BCUT2D eigenvalue weighted by Gasteiger charge is 2.33. The zero-order valence-electron chi connectivity index (χ0n) is 18.4. The molecule has 1 heterocycles. The quantitative estimate of drug-likeness (QED) is 0.415. The number of esters is 1. The second-order valence-corrected chi connectivity index (χ2v) is 9.23. The van der Waals surface area contributed by atoms with Crippen molar-refractivity contribution in [3.63, 3.8) is 0 Å². The van der Waals surface area contributed by atoms with E-state index >= 15 is 0 Å². The third kappa shape index (κ3) is 5.37. The molecule has 0 saturated carbocycles. The minimum absolute atomic E-state index is 0.211. The Morgan fingerprint density at radius 1 is 1.19 bits per heavy atom. The summed E-state index contributed by atoms with van der Waals surface area (Å²) in [5.74, 6) is -0.340. The fraction of sp³-hybridized carbons (Fsp3) is 0.292. The first-order valence-corrected chi connectivity index (χ1v) is 11.5. The molecule has 0 aliphatic carbocycles. The number of ether oxygens (including phenoxy) is 1. The topological polar surface area (TPSA) is 70.7 Å². The molecular formula is C24H26BrN3O3S. The summed E-state index contributed by atoms with van der Waals surface area (Å²) >= 11 is 8.84. The van der Waals surface area contributed by atoms with Gasteiger partial charge in [-0.2, -0.15) is 0 Å². The van der Waals surface area contributed by atoms with Crippen LogP contribution < -0.4 is 10.6 Å². The van der Waals surface area contributed by atoms with Gasteiger partial charge in [0.05, 0.1) is 23.8 Å². The monoisotopic (exact) mass is 515 g/mol. The summed E-state index contributed by atoms with van der Waals surface area (Å²) < 4.78 is 6.24. The number of thiocarbonyl (C=S) groups is 1. The number of nitrogens with zero attached hydrogens (tertiary/aromatic N) is 1. The Morgan fingerprint density at radius 3 is 2.47 bits per heavy atom. The first kappa shape index (κ1) is 23.9. The van der Waals surface area contributed by atoms with Crippen LogP contribution in [0.15, 0.2) is 64.3 Å². The number of carbonyl (C=O) groups excluding carboxylic acids is 2. The summed E-state index contributed by atoms with van der Waals surface area (Å²) in [4.78, 5) is 27.2. The van der Waals surface area contributed by atoms with Crippen molar-refractivity contribution in [2.24, 2.45) is 5.92 Å². The molecular weight excluding hydrogens is 490 g/mol. The second kappa shape index (κ2) is 10.3. The number of rotatable bonds is 6. The smallest absolute Gasteiger partial charge is 0.338 e. The maximum Gasteiger partial charge on any atom is 0.338 e. The number of benzene rings is 2. The van der Waals surface area contributed by atoms with Gasteiger partial charge in [-0.25, -0.2) is 4.79 Å². The first-order chi connectivity index (χ1) is 15.2. The number of allylic oxidation sites excluding steroid dienone is 1. The average molecular weight is 516 g/mol. The van der Waals surface area contributed by atoms with Crippen LogP contribution in [-0.2, 0) is 9.53 Å². The van der Waals surface area contributed by atoms with Gasteiger partial charge in [-0.1, -0.05) is 38.1 Å². The van der Waals surface area contributed by atoms with Gasteiger partial charge in [0.2, 0.25) is 0 Å². The lowest BCUT2D eigenvalue weighted by molar-refractivity contribution is -0.140. The van der Waals surface area contributed by atoms with Crippen molar-refractivity contribution in [2.75, 3.05) is 19.0 Å². The maximum absolute atomic E-state index is 12.9. The molecule has 0 radical (unpaired) electrons. The Hall–Kier alpha value is -2.71. The van der Waals surface area contributed by atoms with E-state index in [1.807, 2.05) is 58.2 Å². The van der Waals surface area contributed by atoms with Crippen LogP contribution in [0.1, 0.15) is 42.7 Å². The van der Waals surface area contributed by atoms with E-state index in [0.717, 1.165) is 15.7 Å². The summed E-state index contributed by atoms with van der Waals surface area (Å²) in [6.07, 6.45) is 0. The van der Waals surface area contributed by atoms with Crippen molar-refractivity contribution in [3.05, 3.63) is 75.4 Å². The molecule has 2 aromatic rings. The molecule has 3 rings (SSSR count). The highest BCUT2D eigenvalue weighted by molar-refractivity contribution is 9.10. The summed E-state index contributed by atoms with van der Waals surface area (Å²) in [5.41, 5.74) is 3.31. The van der Waals surface area contributed by atoms with Crippen LogP contribution in [0.2, 0.25) is 0 Å². The Labute approximate surface area is 202 Å². The first-order valence-electron chi connectivity index (χ1n) is 10.3. The van der Waals surface area contributed by atoms with Crippen molar-refractivity contribution in [1.29, 1.82) is 0 Å². The largest absolute Gasteiger partial charge is 0.462 e. The molecule has 0 bridgehead atoms. The predicted octanol–water partition coefficient (Wildman–Crippen LogP) is 5.04. The van der Waals surface area contributed by atoms with Crippen LogP contribution in [-0.4, -0.2) is 35.5 Å². The van der Waals surface area contributed by atoms with Crippen molar-refractivity contribution in [2.45, 2.75) is 26.8 Å². The normalized spacial score (nSPS) is 16.1. The highest BCUT2D eigenvalue weighted by atomic mass is 79.9. The lowest BCUT2D eigenvalue weighted by atomic mass is 9.95. The van der Waals surface area contributed by atoms with Gasteiger partial charge in [0, 0.05) is 22.9 Å². The van der Waals surface area contributed by atoms with E-state index < -0.39 is 6.04 Å². The number of nitrogens with one attached hydrogen (secondary N) is 2. The van der Waals surface area contributed by atoms with E-state index in [9.17, 15) is 9.59 Å². The Bertz CT molecular complexity index is 1070. The number of anilines is 1. The van der Waals surface area contributed by atoms with Gasteiger partial charge in [0.1, 0.15) is 0 Å². The van der Waals surface area contributed by atoms with E-state index in [0.29, 0.717) is 28.5 Å². The Kier molecular flexibility index (Phi) is 7.69. The summed E-state index contributed by atoms with van der Waals surface area (Å²) in [5, 5.41) is 6.65. The number of hydrogen-bond donors (Lipinski definition) is 2. The summed E-state index contributed by atoms with van der Waals surface area (Å²) in [7, 11) is 1.82. The average Bonchev–Trinajstić information content (AvgIpc) is 2.76. The molecule has 1 aliphatic heterocycles. The molecule has 32 heavy (non-hydrogen) atoms. The Morgan fingerprint density at radius 2 is 1.84 bits per heavy atom. The molecule has 2 N–H and O–H groups in total. The van der Waals surface area contributed by atoms with Gasteiger partial charge in [-0.05, 0) is 70.8 Å². The van der Waals surface area contributed by atoms with E-state index in [2.05, 4.69) is 26.6 Å². The number of amides is 1. The van der Waals surface area contributed by atoms with E-state index in [-0.39, 0.29) is 17.8 Å². The van der Waals surface area contributed by atoms with Crippen molar-refractivity contribution in [3.8, 4) is 0 Å². The Balaban J connectivity index is 1.83. The minimum Gasteiger partial charge on any atom is -0.462 e. The van der Waals surface area contributed by atoms with E-state index in [1.54, 1.807) is 23.1 Å². The van der Waals surface area contributed by atoms with Crippen LogP contribution in [0.4, 0.5) is 5.69 Å². The third-order valence-electron chi connectivity index (χ3n) is 5.14. The molecule has 1 unspecified atom stereocenters. The van der Waals surface area contributed by atoms with Crippen LogP contribution in [0, 0.1) is 5.92 Å². The lowest BCUT2D eigenvalue weighted by Crippen LogP contribution is -2.46. The SMILES string of the molecule is CC1=C(C(=O)OCC(C)C)C(c2ccc(NC(=O)c3ccccc3Br)cc2)NC(=S)N1C. The highest BCUT2D eigenvalue weighted by Crippen LogP contribution is 2.31. The molecule has 0 saturated heterocycles. The van der Waals surface area contributed by atoms with Gasteiger partial charge in [-0.3, -0.25) is 4.79 Å². The number of halogens is 1. The van der Waals surface area contributed by atoms with Crippen molar-refractivity contribution < 1.29 is 14.3 Å². The van der Waals surface area contributed by atoms with Gasteiger partial charge < -0.3 is 20.3 Å². The number of carbonyl (C=O) groups is 2. The fourth-order valence-corrected chi connectivity index (χ4v) is 3.99. The van der Waals surface area contributed by atoms with Crippen molar-refractivity contribution in [1.82, 2.24) is 10.2 Å². The van der Waals surface area contributed by atoms with Crippen LogP contribution in [0.3, 0.4) is 0 Å². The van der Waals surface area contributed by atoms with Crippen molar-refractivity contribution >= 4 is 50.8 Å². The maximum atomic E-state index is 12.9. The van der Waals surface area contributed by atoms with Crippen LogP contribution >= 0.6 is 28.1 Å². The number of hydrogen-bond acceptors (Lipinski definition) is 4. The molecule has 0 spiro atoms. The molecule has 0 fully saturated rings. The molecule has 1 atom stereocenters. The molecule has 1 aliphatic rings. The molecule has 1 amide bonds. The summed E-state index contributed by atoms with van der Waals surface area (Å²) in [6, 6.07) is 14.1. The zero-order chi connectivity index (χ0) is 23.4. The molecule has 6 nitrogen and oxygen atoms in total. The van der Waals surface area contributed by atoms with E-state index in [1.165, 1.54) is 0 Å². The standard InChI is InChI=1S/C24H26BrN3O3S/c1-14(2)13-31-23(30)20-15(3)28(4)24(32)27-21(20)16-9-11-17(12-10-16)26-22(29)18-7-5-6-8-19(18)25/h5-12,14,21H,13H2,1-4H3,(H,26,29)(H,27,32). The summed E-state index contributed by atoms with van der Waals surface area (Å²) in [6.45, 7) is 6.19. The van der Waals surface area contributed by atoms with Crippen LogP contribution in [0.25, 0.3) is 0 Å². The second-order valence-electron chi connectivity index (χ2n) is 7.99. The molecule has 168 valence electrons. The van der Waals surface area contributed by atoms with Gasteiger partial charge >= 0.3 is 5.97 Å². The minimum atomic E-state index is -0.439. The zero-order valence-corrected chi connectivity index (χ0v) is 20.8. The lowest BCUT2D eigenvalue weighted by Gasteiger charge is -2.35. The predicted molar refractivity (Wildman–Crippen MR) is 133 cm³/mol.